The molecule has 1 saturated carbocycles. The van der Waals surface area contributed by atoms with Gasteiger partial charge in [0.1, 0.15) is 6.10 Å². The van der Waals surface area contributed by atoms with Gasteiger partial charge in [-0.15, -0.1) is 0 Å². The molecule has 0 aromatic heterocycles. The van der Waals surface area contributed by atoms with Crippen LogP contribution in [0.15, 0.2) is 24.3 Å². The molecule has 6 nitrogen and oxygen atoms in total. The Bertz CT molecular complexity index is 470. The number of nitrogens with zero attached hydrogens (tertiary/aromatic N) is 1. The first-order valence-electron chi connectivity index (χ1n) is 6.21. The minimum atomic E-state index is -0.615. The molecule has 1 aliphatic rings. The average Bonchev–Trinajstić information content (AvgIpc) is 2.41. The number of aliphatic hydroxyl groups is 1. The monoisotopic (exact) mass is 265 g/mol. The maximum atomic E-state index is 11.8. The van der Waals surface area contributed by atoms with Crippen molar-refractivity contribution in [3.05, 3.63) is 39.9 Å². The predicted octanol–water partition coefficient (Wildman–Crippen LogP) is 2.06. The predicted molar refractivity (Wildman–Crippen MR) is 66.8 cm³/mol. The Morgan fingerprint density at radius 1 is 1.26 bits per heavy atom. The van der Waals surface area contributed by atoms with E-state index in [1.54, 1.807) is 0 Å². The summed E-state index contributed by atoms with van der Waals surface area (Å²) in [6, 6.07) is 5.23. The van der Waals surface area contributed by atoms with Gasteiger partial charge in [-0.05, 0) is 31.4 Å². The van der Waals surface area contributed by atoms with Crippen molar-refractivity contribution in [2.24, 2.45) is 0 Å². The van der Waals surface area contributed by atoms with Crippen molar-refractivity contribution in [1.29, 1.82) is 0 Å². The fourth-order valence-electron chi connectivity index (χ4n) is 2.14. The Kier molecular flexibility index (Phi) is 4.11. The summed E-state index contributed by atoms with van der Waals surface area (Å²) < 4.78 is 5.23. The van der Waals surface area contributed by atoms with E-state index in [1.165, 1.54) is 24.3 Å². The molecule has 6 heteroatoms. The van der Waals surface area contributed by atoms with Crippen LogP contribution in [-0.4, -0.2) is 28.2 Å². The number of carbonyl (C=O) groups excluding carboxylic acids is 1. The zero-order valence-corrected chi connectivity index (χ0v) is 10.3. The van der Waals surface area contributed by atoms with Gasteiger partial charge >= 0.3 is 5.97 Å². The van der Waals surface area contributed by atoms with Gasteiger partial charge in [-0.25, -0.2) is 4.79 Å². The Morgan fingerprint density at radius 3 is 2.47 bits per heavy atom. The maximum absolute atomic E-state index is 11.8. The SMILES string of the molecule is O=C(O[C@@H]1CCCC[C@@H]1O)c1ccc([N+](=O)[O-])cc1. The molecule has 1 aromatic carbocycles. The molecule has 19 heavy (non-hydrogen) atoms. The lowest BCUT2D eigenvalue weighted by Gasteiger charge is -2.27. The van der Waals surface area contributed by atoms with E-state index in [2.05, 4.69) is 0 Å². The van der Waals surface area contributed by atoms with E-state index < -0.39 is 23.1 Å². The molecule has 0 aliphatic heterocycles. The number of rotatable bonds is 3. The normalized spacial score (nSPS) is 22.8. The molecule has 1 fully saturated rings. The lowest BCUT2D eigenvalue weighted by molar-refractivity contribution is -0.384. The van der Waals surface area contributed by atoms with E-state index in [-0.39, 0.29) is 11.3 Å². The van der Waals surface area contributed by atoms with Gasteiger partial charge in [0.2, 0.25) is 0 Å². The average molecular weight is 265 g/mol. The standard InChI is InChI=1S/C13H15NO5/c15-11-3-1-2-4-12(11)19-13(16)9-5-7-10(8-6-9)14(17)18/h5-8,11-12,15H,1-4H2/t11-,12+/m0/s1. The van der Waals surface area contributed by atoms with Crippen molar-refractivity contribution in [2.45, 2.75) is 37.9 Å². The number of nitro groups is 1. The molecule has 1 aliphatic carbocycles. The topological polar surface area (TPSA) is 89.7 Å². The molecule has 102 valence electrons. The van der Waals surface area contributed by atoms with Crippen LogP contribution in [0, 0.1) is 10.1 Å². The van der Waals surface area contributed by atoms with Crippen LogP contribution >= 0.6 is 0 Å². The summed E-state index contributed by atoms with van der Waals surface area (Å²) in [5.74, 6) is -0.555. The summed E-state index contributed by atoms with van der Waals surface area (Å²) in [6.45, 7) is 0. The Labute approximate surface area is 110 Å². The van der Waals surface area contributed by atoms with Crippen LogP contribution in [0.25, 0.3) is 0 Å². The van der Waals surface area contributed by atoms with Gasteiger partial charge in [0.05, 0.1) is 16.6 Å². The number of hydrogen-bond acceptors (Lipinski definition) is 5. The van der Waals surface area contributed by atoms with Crippen molar-refractivity contribution in [1.82, 2.24) is 0 Å². The first kappa shape index (κ1) is 13.5. The van der Waals surface area contributed by atoms with Crippen molar-refractivity contribution in [2.75, 3.05) is 0 Å². The third kappa shape index (κ3) is 3.29. The Balaban J connectivity index is 2.01. The van der Waals surface area contributed by atoms with Crippen molar-refractivity contribution in [3.63, 3.8) is 0 Å². The Hall–Kier alpha value is -1.95. The van der Waals surface area contributed by atoms with E-state index in [9.17, 15) is 20.0 Å². The highest BCUT2D eigenvalue weighted by Crippen LogP contribution is 2.22. The molecular formula is C13H15NO5. The quantitative estimate of drug-likeness (QED) is 0.513. The summed E-state index contributed by atoms with van der Waals surface area (Å²) >= 11 is 0. The Morgan fingerprint density at radius 2 is 1.89 bits per heavy atom. The van der Waals surface area contributed by atoms with Crippen LogP contribution in [0.5, 0.6) is 0 Å². The summed E-state index contributed by atoms with van der Waals surface area (Å²) in [4.78, 5) is 21.8. The zero-order chi connectivity index (χ0) is 13.8. The third-order valence-corrected chi connectivity index (χ3v) is 3.24. The van der Waals surface area contributed by atoms with Gasteiger partial charge in [0.25, 0.3) is 5.69 Å². The lowest BCUT2D eigenvalue weighted by Crippen LogP contribution is -2.34. The van der Waals surface area contributed by atoms with Gasteiger partial charge in [0.15, 0.2) is 0 Å². The van der Waals surface area contributed by atoms with Crippen LogP contribution < -0.4 is 0 Å². The molecular weight excluding hydrogens is 250 g/mol. The third-order valence-electron chi connectivity index (χ3n) is 3.24. The largest absolute Gasteiger partial charge is 0.456 e. The number of aliphatic hydroxyl groups excluding tert-OH is 1. The van der Waals surface area contributed by atoms with Crippen molar-refractivity contribution < 1.29 is 19.6 Å². The minimum absolute atomic E-state index is 0.0748. The number of benzene rings is 1. The van der Waals surface area contributed by atoms with Crippen molar-refractivity contribution >= 4 is 11.7 Å². The van der Waals surface area contributed by atoms with E-state index in [1.807, 2.05) is 0 Å². The molecule has 1 aromatic rings. The highest BCUT2D eigenvalue weighted by molar-refractivity contribution is 5.89. The molecule has 0 radical (unpaired) electrons. The summed E-state index contributed by atoms with van der Waals surface area (Å²) in [5.41, 5.74) is 0.178. The number of hydrogen-bond donors (Lipinski definition) is 1. The fourth-order valence-corrected chi connectivity index (χ4v) is 2.14. The van der Waals surface area contributed by atoms with Crippen LogP contribution in [0.1, 0.15) is 36.0 Å². The number of non-ortho nitro benzene ring substituents is 1. The van der Waals surface area contributed by atoms with E-state index >= 15 is 0 Å². The number of carbonyl (C=O) groups is 1. The van der Waals surface area contributed by atoms with E-state index in [4.69, 9.17) is 4.74 Å². The van der Waals surface area contributed by atoms with Gasteiger partial charge in [-0.1, -0.05) is 6.42 Å². The molecule has 0 bridgehead atoms. The summed E-state index contributed by atoms with van der Waals surface area (Å²) in [5, 5.41) is 20.2. The van der Waals surface area contributed by atoms with Gasteiger partial charge in [-0.3, -0.25) is 10.1 Å². The molecule has 2 rings (SSSR count). The number of ether oxygens (including phenoxy) is 1. The van der Waals surface area contributed by atoms with Crippen LogP contribution in [-0.2, 0) is 4.74 Å². The smallest absolute Gasteiger partial charge is 0.338 e. The second kappa shape index (κ2) is 5.79. The molecule has 0 amide bonds. The highest BCUT2D eigenvalue weighted by Gasteiger charge is 2.26. The molecule has 2 atom stereocenters. The fraction of sp³-hybridized carbons (Fsp3) is 0.462. The van der Waals surface area contributed by atoms with Gasteiger partial charge in [0, 0.05) is 12.1 Å². The van der Waals surface area contributed by atoms with Gasteiger partial charge in [-0.2, -0.15) is 0 Å². The summed E-state index contributed by atoms with van der Waals surface area (Å²) in [6.07, 6.45) is 2.06. The van der Waals surface area contributed by atoms with E-state index in [0.717, 1.165) is 12.8 Å². The molecule has 0 saturated heterocycles. The van der Waals surface area contributed by atoms with Crippen LogP contribution in [0.2, 0.25) is 0 Å². The first-order valence-corrected chi connectivity index (χ1v) is 6.21. The molecule has 0 heterocycles. The lowest BCUT2D eigenvalue weighted by atomic mass is 9.95. The van der Waals surface area contributed by atoms with Crippen LogP contribution in [0.3, 0.4) is 0 Å². The van der Waals surface area contributed by atoms with Crippen molar-refractivity contribution in [3.8, 4) is 0 Å². The highest BCUT2D eigenvalue weighted by atomic mass is 16.6. The van der Waals surface area contributed by atoms with Crippen LogP contribution in [0.4, 0.5) is 5.69 Å². The maximum Gasteiger partial charge on any atom is 0.338 e. The minimum Gasteiger partial charge on any atom is -0.456 e. The number of esters is 1. The van der Waals surface area contributed by atoms with Gasteiger partial charge < -0.3 is 9.84 Å². The first-order chi connectivity index (χ1) is 9.08. The molecule has 0 spiro atoms. The second-order valence-corrected chi connectivity index (χ2v) is 4.60. The summed E-state index contributed by atoms with van der Waals surface area (Å²) in [7, 11) is 0. The number of nitro benzene ring substituents is 1. The second-order valence-electron chi connectivity index (χ2n) is 4.60. The van der Waals surface area contributed by atoms with E-state index in [0.29, 0.717) is 12.8 Å². The molecule has 1 N–H and O–H groups in total. The zero-order valence-electron chi connectivity index (χ0n) is 10.3. The molecule has 0 unspecified atom stereocenters.